The van der Waals surface area contributed by atoms with Crippen molar-refractivity contribution in [2.24, 2.45) is 0 Å². The minimum Gasteiger partial charge on any atom is -0.451 e. The number of benzene rings is 1. The predicted molar refractivity (Wildman–Crippen MR) is 94.2 cm³/mol. The first kappa shape index (κ1) is 18.7. The lowest BCUT2D eigenvalue weighted by molar-refractivity contribution is -0.153. The van der Waals surface area contributed by atoms with Crippen molar-refractivity contribution in [1.29, 1.82) is 0 Å². The molecule has 0 bridgehead atoms. The average Bonchev–Trinajstić information content (AvgIpc) is 2.61. The molecule has 2 aromatic rings. The second-order valence-electron chi connectivity index (χ2n) is 5.35. The summed E-state index contributed by atoms with van der Waals surface area (Å²) in [5.74, 6) is -0.544. The van der Waals surface area contributed by atoms with Gasteiger partial charge in [0.05, 0.1) is 0 Å². The molecule has 1 aromatic carbocycles. The molecule has 0 aliphatic heterocycles. The van der Waals surface area contributed by atoms with Crippen LogP contribution in [0.4, 0.5) is 5.95 Å². The summed E-state index contributed by atoms with van der Waals surface area (Å²) < 4.78 is 5.14. The Balaban J connectivity index is 1.80. The number of ether oxygens (including phenoxy) is 1. The number of nitrogens with zero attached hydrogens (tertiary/aromatic N) is 3. The zero-order valence-electron chi connectivity index (χ0n) is 14.0. The summed E-state index contributed by atoms with van der Waals surface area (Å²) in [6.07, 6.45) is 2.24. The Bertz CT molecular complexity index is 727. The van der Waals surface area contributed by atoms with Gasteiger partial charge in [0, 0.05) is 31.0 Å². The Labute approximate surface area is 151 Å². The fraction of sp³-hybridized carbons (Fsp3) is 0.294. The first-order valence-corrected chi connectivity index (χ1v) is 8.04. The van der Waals surface area contributed by atoms with Gasteiger partial charge in [0.25, 0.3) is 5.91 Å². The molecule has 1 N–H and O–H groups in total. The smallest absolute Gasteiger partial charge is 0.326 e. The molecule has 0 radical (unpaired) electrons. The zero-order chi connectivity index (χ0) is 18.2. The Hall–Kier alpha value is -2.67. The second kappa shape index (κ2) is 8.98. The number of anilines is 1. The summed E-state index contributed by atoms with van der Waals surface area (Å²) >= 11 is 6.03. The van der Waals surface area contributed by atoms with Gasteiger partial charge in [0.15, 0.2) is 6.10 Å². The number of aromatic nitrogens is 2. The van der Waals surface area contributed by atoms with Crippen LogP contribution in [0.1, 0.15) is 12.5 Å². The van der Waals surface area contributed by atoms with Crippen molar-refractivity contribution in [2.75, 3.05) is 18.5 Å². The highest BCUT2D eigenvalue weighted by Crippen LogP contribution is 2.14. The Morgan fingerprint density at radius 1 is 1.24 bits per heavy atom. The molecular weight excluding hydrogens is 344 g/mol. The molecule has 0 aliphatic carbocycles. The molecule has 25 heavy (non-hydrogen) atoms. The molecule has 1 amide bonds. The molecule has 7 nitrogen and oxygen atoms in total. The number of halogens is 1. The SMILES string of the molecule is CC(OC(=O)CN(C)c1ncccn1)C(=O)NCc1ccccc1Cl. The number of nitrogens with one attached hydrogen (secondary N) is 1. The Kier molecular flexibility index (Phi) is 6.71. The van der Waals surface area contributed by atoms with Crippen LogP contribution >= 0.6 is 11.6 Å². The van der Waals surface area contributed by atoms with E-state index in [0.29, 0.717) is 11.0 Å². The van der Waals surface area contributed by atoms with Crippen molar-refractivity contribution >= 4 is 29.4 Å². The first-order chi connectivity index (χ1) is 12.0. The van der Waals surface area contributed by atoms with E-state index >= 15 is 0 Å². The summed E-state index contributed by atoms with van der Waals surface area (Å²) in [6.45, 7) is 1.71. The van der Waals surface area contributed by atoms with E-state index in [1.165, 1.54) is 11.8 Å². The third kappa shape index (κ3) is 5.72. The molecule has 0 saturated carbocycles. The van der Waals surface area contributed by atoms with Crippen LogP contribution in [0.15, 0.2) is 42.7 Å². The van der Waals surface area contributed by atoms with Crippen LogP contribution in [0.5, 0.6) is 0 Å². The van der Waals surface area contributed by atoms with Crippen LogP contribution < -0.4 is 10.2 Å². The van der Waals surface area contributed by atoms with Gasteiger partial charge in [-0.25, -0.2) is 9.97 Å². The van der Waals surface area contributed by atoms with E-state index in [0.717, 1.165) is 5.56 Å². The lowest BCUT2D eigenvalue weighted by atomic mass is 10.2. The molecule has 0 fully saturated rings. The van der Waals surface area contributed by atoms with E-state index < -0.39 is 18.0 Å². The molecular formula is C17H19ClN4O3. The van der Waals surface area contributed by atoms with Gasteiger partial charge in [-0.2, -0.15) is 0 Å². The van der Waals surface area contributed by atoms with Crippen LogP contribution in [0, 0.1) is 0 Å². The van der Waals surface area contributed by atoms with Crippen molar-refractivity contribution in [2.45, 2.75) is 19.6 Å². The van der Waals surface area contributed by atoms with Crippen molar-refractivity contribution in [1.82, 2.24) is 15.3 Å². The number of carbonyl (C=O) groups excluding carboxylic acids is 2. The summed E-state index contributed by atoms with van der Waals surface area (Å²) in [4.78, 5) is 33.6. The molecule has 132 valence electrons. The number of amides is 1. The minimum absolute atomic E-state index is 0.0633. The second-order valence-corrected chi connectivity index (χ2v) is 5.75. The van der Waals surface area contributed by atoms with Crippen LogP contribution in [-0.4, -0.2) is 41.5 Å². The topological polar surface area (TPSA) is 84.4 Å². The molecule has 8 heteroatoms. The first-order valence-electron chi connectivity index (χ1n) is 7.66. The maximum Gasteiger partial charge on any atom is 0.326 e. The molecule has 1 atom stereocenters. The van der Waals surface area contributed by atoms with Gasteiger partial charge in [-0.05, 0) is 24.6 Å². The lowest BCUT2D eigenvalue weighted by Crippen LogP contribution is -2.38. The highest BCUT2D eigenvalue weighted by Gasteiger charge is 2.19. The van der Waals surface area contributed by atoms with Gasteiger partial charge in [-0.3, -0.25) is 9.59 Å². The van der Waals surface area contributed by atoms with E-state index in [1.807, 2.05) is 18.2 Å². The standard InChI is InChI=1S/C17H19ClN4O3/c1-12(16(24)21-10-13-6-3-4-7-14(13)18)25-15(23)11-22(2)17-19-8-5-9-20-17/h3-9,12H,10-11H2,1-2H3,(H,21,24). The highest BCUT2D eigenvalue weighted by molar-refractivity contribution is 6.31. The fourth-order valence-electron chi connectivity index (χ4n) is 2.01. The number of likely N-dealkylation sites (N-methyl/N-ethyl adjacent to an activating group) is 1. The summed E-state index contributed by atoms with van der Waals surface area (Å²) in [5.41, 5.74) is 0.789. The Morgan fingerprint density at radius 3 is 2.60 bits per heavy atom. The van der Waals surface area contributed by atoms with Gasteiger partial charge < -0.3 is 15.0 Å². The minimum atomic E-state index is -0.917. The van der Waals surface area contributed by atoms with E-state index in [4.69, 9.17) is 16.3 Å². The normalized spacial score (nSPS) is 11.5. The summed E-state index contributed by atoms with van der Waals surface area (Å²) in [6, 6.07) is 8.88. The van der Waals surface area contributed by atoms with Crippen LogP contribution in [0.3, 0.4) is 0 Å². The third-order valence-electron chi connectivity index (χ3n) is 3.35. The van der Waals surface area contributed by atoms with Crippen molar-refractivity contribution < 1.29 is 14.3 Å². The van der Waals surface area contributed by atoms with Crippen molar-refractivity contribution in [3.05, 3.63) is 53.3 Å². The Morgan fingerprint density at radius 2 is 1.92 bits per heavy atom. The van der Waals surface area contributed by atoms with E-state index in [1.54, 1.807) is 31.6 Å². The van der Waals surface area contributed by atoms with Gasteiger partial charge >= 0.3 is 5.97 Å². The molecule has 2 rings (SSSR count). The van der Waals surface area contributed by atoms with Gasteiger partial charge in [-0.15, -0.1) is 0 Å². The number of hydrogen-bond acceptors (Lipinski definition) is 6. The van der Waals surface area contributed by atoms with Crippen LogP contribution in [0.25, 0.3) is 0 Å². The largest absolute Gasteiger partial charge is 0.451 e. The molecule has 0 aliphatic rings. The fourth-order valence-corrected chi connectivity index (χ4v) is 2.21. The monoisotopic (exact) mass is 362 g/mol. The quantitative estimate of drug-likeness (QED) is 0.756. The number of carbonyl (C=O) groups is 2. The predicted octanol–water partition coefficient (Wildman–Crippen LogP) is 1.81. The molecule has 0 saturated heterocycles. The average molecular weight is 363 g/mol. The number of rotatable bonds is 7. The zero-order valence-corrected chi connectivity index (χ0v) is 14.7. The maximum atomic E-state index is 12.0. The van der Waals surface area contributed by atoms with Gasteiger partial charge in [0.1, 0.15) is 6.54 Å². The molecule has 1 unspecified atom stereocenters. The molecule has 0 spiro atoms. The van der Waals surface area contributed by atoms with E-state index in [9.17, 15) is 9.59 Å². The van der Waals surface area contributed by atoms with E-state index in [2.05, 4.69) is 15.3 Å². The van der Waals surface area contributed by atoms with Crippen molar-refractivity contribution in [3.8, 4) is 0 Å². The van der Waals surface area contributed by atoms with Crippen molar-refractivity contribution in [3.63, 3.8) is 0 Å². The van der Waals surface area contributed by atoms with Crippen LogP contribution in [-0.2, 0) is 20.9 Å². The summed E-state index contributed by atoms with van der Waals surface area (Å²) in [7, 11) is 1.67. The lowest BCUT2D eigenvalue weighted by Gasteiger charge is -2.18. The van der Waals surface area contributed by atoms with Crippen LogP contribution in [0.2, 0.25) is 5.02 Å². The number of esters is 1. The maximum absolute atomic E-state index is 12.0. The molecule has 1 aromatic heterocycles. The number of hydrogen-bond donors (Lipinski definition) is 1. The third-order valence-corrected chi connectivity index (χ3v) is 3.72. The highest BCUT2D eigenvalue weighted by atomic mass is 35.5. The van der Waals surface area contributed by atoms with Gasteiger partial charge in [-0.1, -0.05) is 29.8 Å². The van der Waals surface area contributed by atoms with E-state index in [-0.39, 0.29) is 13.1 Å². The molecule has 1 heterocycles. The van der Waals surface area contributed by atoms with Gasteiger partial charge in [0.2, 0.25) is 5.95 Å². The summed E-state index contributed by atoms with van der Waals surface area (Å²) in [5, 5.41) is 3.26.